The largest absolute Gasteiger partial charge is 0.466 e. The van der Waals surface area contributed by atoms with Gasteiger partial charge in [-0.1, -0.05) is 19.9 Å². The van der Waals surface area contributed by atoms with Gasteiger partial charge in [-0.3, -0.25) is 0 Å². The summed E-state index contributed by atoms with van der Waals surface area (Å²) in [5, 5.41) is 2.70. The van der Waals surface area contributed by atoms with E-state index < -0.39 is 17.7 Å². The Labute approximate surface area is 109 Å². The topological polar surface area (TPSA) is 64.6 Å². The molecule has 0 saturated heterocycles. The van der Waals surface area contributed by atoms with E-state index in [1.165, 1.54) is 13.2 Å². The van der Waals surface area contributed by atoms with E-state index in [4.69, 9.17) is 4.74 Å². The highest BCUT2D eigenvalue weighted by atomic mass is 16.6. The Bertz CT molecular complexity index is 315. The SMILES string of the molecule is COC(=O)/C=C/[C@H](NC(=O)OC(C)(C)C)C(C)C. The quantitative estimate of drug-likeness (QED) is 0.620. The predicted octanol–water partition coefficient (Wildman–Crippen LogP) is 2.26. The van der Waals surface area contributed by atoms with Crippen LogP contribution in [-0.4, -0.2) is 30.8 Å². The third-order valence-electron chi connectivity index (χ3n) is 2.04. The summed E-state index contributed by atoms with van der Waals surface area (Å²) in [6, 6.07) is -0.279. The van der Waals surface area contributed by atoms with Gasteiger partial charge in [0, 0.05) is 6.08 Å². The Morgan fingerprint density at radius 2 is 1.78 bits per heavy atom. The summed E-state index contributed by atoms with van der Waals surface area (Å²) in [5.41, 5.74) is -0.544. The van der Waals surface area contributed by atoms with Gasteiger partial charge in [0.05, 0.1) is 13.2 Å². The zero-order valence-corrected chi connectivity index (χ0v) is 11.9. The van der Waals surface area contributed by atoms with Crippen LogP contribution < -0.4 is 5.32 Å². The van der Waals surface area contributed by atoms with Crippen LogP contribution in [0.15, 0.2) is 12.2 Å². The molecule has 0 rings (SSSR count). The van der Waals surface area contributed by atoms with Gasteiger partial charge in [-0.2, -0.15) is 0 Å². The average Bonchev–Trinajstić information content (AvgIpc) is 2.20. The maximum atomic E-state index is 11.6. The molecule has 0 fully saturated rings. The first-order valence-electron chi connectivity index (χ1n) is 5.91. The van der Waals surface area contributed by atoms with Gasteiger partial charge in [0.25, 0.3) is 0 Å². The van der Waals surface area contributed by atoms with Crippen LogP contribution >= 0.6 is 0 Å². The average molecular weight is 257 g/mol. The van der Waals surface area contributed by atoms with E-state index in [1.54, 1.807) is 26.8 Å². The molecule has 0 aliphatic heterocycles. The smallest absolute Gasteiger partial charge is 0.408 e. The van der Waals surface area contributed by atoms with Crippen molar-refractivity contribution in [2.45, 2.75) is 46.3 Å². The number of esters is 1. The van der Waals surface area contributed by atoms with Crippen molar-refractivity contribution in [2.24, 2.45) is 5.92 Å². The van der Waals surface area contributed by atoms with E-state index in [0.29, 0.717) is 0 Å². The lowest BCUT2D eigenvalue weighted by Crippen LogP contribution is -2.40. The first-order valence-corrected chi connectivity index (χ1v) is 5.91. The number of carbonyl (C=O) groups is 2. The minimum absolute atomic E-state index is 0.137. The Morgan fingerprint density at radius 3 is 2.17 bits per heavy atom. The Balaban J connectivity index is 4.50. The Hall–Kier alpha value is -1.52. The fraction of sp³-hybridized carbons (Fsp3) is 0.692. The van der Waals surface area contributed by atoms with Gasteiger partial charge in [0.15, 0.2) is 0 Å². The maximum absolute atomic E-state index is 11.6. The van der Waals surface area contributed by atoms with Crippen LogP contribution in [0.3, 0.4) is 0 Å². The third kappa shape index (κ3) is 7.70. The molecule has 0 aliphatic carbocycles. The summed E-state index contributed by atoms with van der Waals surface area (Å²) in [5.74, 6) is -0.315. The minimum atomic E-state index is -0.544. The fourth-order valence-electron chi connectivity index (χ4n) is 1.13. The number of nitrogens with one attached hydrogen (secondary N) is 1. The summed E-state index contributed by atoms with van der Waals surface area (Å²) in [6.45, 7) is 9.25. The van der Waals surface area contributed by atoms with Gasteiger partial charge in [0.1, 0.15) is 5.60 Å². The van der Waals surface area contributed by atoms with Crippen LogP contribution in [0.5, 0.6) is 0 Å². The van der Waals surface area contributed by atoms with Crippen molar-refractivity contribution in [3.63, 3.8) is 0 Å². The number of methoxy groups -OCH3 is 1. The van der Waals surface area contributed by atoms with Gasteiger partial charge in [-0.15, -0.1) is 0 Å². The second-order valence-electron chi connectivity index (χ2n) is 5.30. The number of rotatable bonds is 4. The second-order valence-corrected chi connectivity index (χ2v) is 5.30. The molecule has 1 N–H and O–H groups in total. The number of alkyl carbamates (subject to hydrolysis) is 1. The Morgan fingerprint density at radius 1 is 1.22 bits per heavy atom. The van der Waals surface area contributed by atoms with Crippen molar-refractivity contribution in [3.05, 3.63) is 12.2 Å². The van der Waals surface area contributed by atoms with Crippen LogP contribution in [0.2, 0.25) is 0 Å². The molecule has 0 unspecified atom stereocenters. The first kappa shape index (κ1) is 16.5. The molecule has 0 spiro atoms. The fourth-order valence-corrected chi connectivity index (χ4v) is 1.13. The summed E-state index contributed by atoms with van der Waals surface area (Å²) in [4.78, 5) is 22.6. The molecule has 18 heavy (non-hydrogen) atoms. The van der Waals surface area contributed by atoms with Crippen molar-refractivity contribution in [1.82, 2.24) is 5.32 Å². The molecule has 5 heteroatoms. The van der Waals surface area contributed by atoms with Crippen molar-refractivity contribution < 1.29 is 19.1 Å². The van der Waals surface area contributed by atoms with Gasteiger partial charge < -0.3 is 14.8 Å². The normalized spacial score (nSPS) is 13.5. The zero-order chi connectivity index (χ0) is 14.3. The summed E-state index contributed by atoms with van der Waals surface area (Å²) >= 11 is 0. The molecule has 104 valence electrons. The maximum Gasteiger partial charge on any atom is 0.408 e. The highest BCUT2D eigenvalue weighted by molar-refractivity contribution is 5.82. The monoisotopic (exact) mass is 257 g/mol. The van der Waals surface area contributed by atoms with Gasteiger partial charge in [-0.25, -0.2) is 9.59 Å². The molecule has 0 heterocycles. The predicted molar refractivity (Wildman–Crippen MR) is 69.2 cm³/mol. The highest BCUT2D eigenvalue weighted by Crippen LogP contribution is 2.09. The second kappa shape index (κ2) is 7.03. The van der Waals surface area contributed by atoms with E-state index in [0.717, 1.165) is 0 Å². The third-order valence-corrected chi connectivity index (χ3v) is 2.04. The molecular formula is C13H23NO4. The number of hydrogen-bond donors (Lipinski definition) is 1. The highest BCUT2D eigenvalue weighted by Gasteiger charge is 2.19. The van der Waals surface area contributed by atoms with Crippen LogP contribution in [0.25, 0.3) is 0 Å². The summed E-state index contributed by atoms with van der Waals surface area (Å²) in [7, 11) is 1.30. The molecule has 0 aromatic carbocycles. The standard InChI is InChI=1S/C13H23NO4/c1-9(2)10(7-8-11(15)17-6)14-12(16)18-13(3,4)5/h7-10H,1-6H3,(H,14,16)/b8-7+/t10-/m0/s1. The van der Waals surface area contributed by atoms with E-state index >= 15 is 0 Å². The molecule has 0 saturated carbocycles. The Kier molecular flexibility index (Phi) is 6.44. The van der Waals surface area contributed by atoms with Gasteiger partial charge in [-0.05, 0) is 26.7 Å². The number of hydrogen-bond acceptors (Lipinski definition) is 4. The van der Waals surface area contributed by atoms with Crippen LogP contribution in [0, 0.1) is 5.92 Å². The van der Waals surface area contributed by atoms with E-state index in [1.807, 2.05) is 13.8 Å². The number of ether oxygens (including phenoxy) is 2. The first-order chi connectivity index (χ1) is 8.15. The van der Waals surface area contributed by atoms with Crippen LogP contribution in [0.4, 0.5) is 4.79 Å². The molecule has 0 aliphatic rings. The zero-order valence-electron chi connectivity index (χ0n) is 11.9. The van der Waals surface area contributed by atoms with Crippen LogP contribution in [-0.2, 0) is 14.3 Å². The van der Waals surface area contributed by atoms with E-state index in [2.05, 4.69) is 10.1 Å². The molecule has 0 bridgehead atoms. The van der Waals surface area contributed by atoms with Crippen molar-refractivity contribution in [1.29, 1.82) is 0 Å². The van der Waals surface area contributed by atoms with Crippen molar-refractivity contribution >= 4 is 12.1 Å². The summed E-state index contributed by atoms with van der Waals surface area (Å²) < 4.78 is 9.65. The van der Waals surface area contributed by atoms with Gasteiger partial charge in [0.2, 0.25) is 0 Å². The van der Waals surface area contributed by atoms with E-state index in [-0.39, 0.29) is 12.0 Å². The van der Waals surface area contributed by atoms with Crippen molar-refractivity contribution in [2.75, 3.05) is 7.11 Å². The minimum Gasteiger partial charge on any atom is -0.466 e. The molecule has 5 nitrogen and oxygen atoms in total. The van der Waals surface area contributed by atoms with E-state index in [9.17, 15) is 9.59 Å². The lowest BCUT2D eigenvalue weighted by molar-refractivity contribution is -0.134. The molecule has 0 radical (unpaired) electrons. The lowest BCUT2D eigenvalue weighted by Gasteiger charge is -2.23. The molecule has 1 amide bonds. The van der Waals surface area contributed by atoms with Crippen LogP contribution in [0.1, 0.15) is 34.6 Å². The number of amides is 1. The lowest BCUT2D eigenvalue weighted by atomic mass is 10.0. The summed E-state index contributed by atoms with van der Waals surface area (Å²) in [6.07, 6.45) is 2.39. The number of carbonyl (C=O) groups excluding carboxylic acids is 2. The molecule has 0 aromatic rings. The molecule has 1 atom stereocenters. The molecular weight excluding hydrogens is 234 g/mol. The van der Waals surface area contributed by atoms with Crippen molar-refractivity contribution in [3.8, 4) is 0 Å². The van der Waals surface area contributed by atoms with Gasteiger partial charge >= 0.3 is 12.1 Å². The molecule has 0 aromatic heterocycles.